The molecule has 1 aromatic heterocycles. The third kappa shape index (κ3) is 5.30. The molecule has 3 N–H and O–H groups in total. The van der Waals surface area contributed by atoms with E-state index in [9.17, 15) is 9.59 Å². The highest BCUT2D eigenvalue weighted by molar-refractivity contribution is 9.11. The molecule has 0 aliphatic carbocycles. The van der Waals surface area contributed by atoms with Crippen molar-refractivity contribution in [3.63, 3.8) is 0 Å². The van der Waals surface area contributed by atoms with Gasteiger partial charge in [-0.1, -0.05) is 0 Å². The van der Waals surface area contributed by atoms with E-state index in [4.69, 9.17) is 0 Å². The predicted octanol–water partition coefficient (Wildman–Crippen LogP) is 1.35. The zero-order chi connectivity index (χ0) is 14.4. The van der Waals surface area contributed by atoms with Gasteiger partial charge in [0.1, 0.15) is 6.04 Å². The van der Waals surface area contributed by atoms with Crippen LogP contribution in [0.5, 0.6) is 0 Å². The minimum absolute atomic E-state index is 0.189. The van der Waals surface area contributed by atoms with E-state index in [0.29, 0.717) is 11.4 Å². The highest BCUT2D eigenvalue weighted by atomic mass is 79.9. The van der Waals surface area contributed by atoms with E-state index in [1.165, 1.54) is 11.3 Å². The largest absolute Gasteiger partial charge is 0.353 e. The maximum atomic E-state index is 11.9. The molecule has 7 heteroatoms. The zero-order valence-corrected chi connectivity index (χ0v) is 13.5. The Hall–Kier alpha value is -0.920. The molecular weight excluding hydrogens is 330 g/mol. The van der Waals surface area contributed by atoms with Gasteiger partial charge in [-0.2, -0.15) is 0 Å². The normalized spacial score (nSPS) is 13.7. The Kier molecular flexibility index (Phi) is 6.47. The number of halogens is 1. The van der Waals surface area contributed by atoms with Crippen LogP contribution in [-0.4, -0.2) is 37.5 Å². The van der Waals surface area contributed by atoms with Crippen LogP contribution in [0.3, 0.4) is 0 Å². The van der Waals surface area contributed by atoms with E-state index in [0.717, 1.165) is 3.79 Å². The maximum Gasteiger partial charge on any atom is 0.262 e. The van der Waals surface area contributed by atoms with Crippen LogP contribution in [0.25, 0.3) is 0 Å². The lowest BCUT2D eigenvalue weighted by atomic mass is 10.2. The van der Waals surface area contributed by atoms with Crippen molar-refractivity contribution in [2.75, 3.05) is 13.6 Å². The summed E-state index contributed by atoms with van der Waals surface area (Å²) in [6.45, 7) is 4.16. The lowest BCUT2D eigenvalue weighted by Crippen LogP contribution is -2.47. The summed E-state index contributed by atoms with van der Waals surface area (Å²) in [6, 6.07) is 3.16. The van der Waals surface area contributed by atoms with Crippen LogP contribution in [0.1, 0.15) is 23.5 Å². The van der Waals surface area contributed by atoms with Gasteiger partial charge in [0.2, 0.25) is 5.91 Å². The third-order valence-corrected chi connectivity index (χ3v) is 4.24. The van der Waals surface area contributed by atoms with Crippen molar-refractivity contribution < 1.29 is 9.59 Å². The van der Waals surface area contributed by atoms with E-state index in [-0.39, 0.29) is 17.9 Å². The van der Waals surface area contributed by atoms with Crippen molar-refractivity contribution in [1.29, 1.82) is 0 Å². The van der Waals surface area contributed by atoms with Crippen LogP contribution in [-0.2, 0) is 4.79 Å². The Morgan fingerprint density at radius 3 is 2.58 bits per heavy atom. The van der Waals surface area contributed by atoms with Gasteiger partial charge < -0.3 is 16.0 Å². The number of carbonyl (C=O) groups is 2. The minimum Gasteiger partial charge on any atom is -0.353 e. The first kappa shape index (κ1) is 16.1. The summed E-state index contributed by atoms with van der Waals surface area (Å²) in [5.41, 5.74) is 0. The first-order chi connectivity index (χ1) is 8.93. The lowest BCUT2D eigenvalue weighted by molar-refractivity contribution is -0.122. The second kappa shape index (κ2) is 7.62. The van der Waals surface area contributed by atoms with Gasteiger partial charge in [0.25, 0.3) is 5.91 Å². The van der Waals surface area contributed by atoms with E-state index in [1.54, 1.807) is 19.1 Å². The first-order valence-corrected chi connectivity index (χ1v) is 7.56. The minimum atomic E-state index is -0.558. The molecule has 0 saturated carbocycles. The molecule has 0 spiro atoms. The Labute approximate surface area is 125 Å². The number of thiophene rings is 1. The quantitative estimate of drug-likeness (QED) is 0.727. The Morgan fingerprint density at radius 2 is 2.05 bits per heavy atom. The first-order valence-electron chi connectivity index (χ1n) is 5.95. The fourth-order valence-electron chi connectivity index (χ4n) is 1.28. The van der Waals surface area contributed by atoms with Crippen LogP contribution in [0.15, 0.2) is 15.9 Å². The predicted molar refractivity (Wildman–Crippen MR) is 80.5 cm³/mol. The van der Waals surface area contributed by atoms with E-state index >= 15 is 0 Å². The van der Waals surface area contributed by atoms with Crippen molar-refractivity contribution in [2.24, 2.45) is 0 Å². The molecule has 5 nitrogen and oxygen atoms in total. The van der Waals surface area contributed by atoms with Gasteiger partial charge in [-0.15, -0.1) is 11.3 Å². The fourth-order valence-corrected chi connectivity index (χ4v) is 2.57. The molecule has 0 aliphatic rings. The number of hydrogen-bond donors (Lipinski definition) is 3. The van der Waals surface area contributed by atoms with E-state index < -0.39 is 6.04 Å². The SMILES string of the molecule is CNC(C)CNC(=O)C(C)NC(=O)c1ccc(Br)s1. The van der Waals surface area contributed by atoms with E-state index in [1.807, 2.05) is 14.0 Å². The highest BCUT2D eigenvalue weighted by Gasteiger charge is 2.17. The second-order valence-electron chi connectivity index (χ2n) is 4.23. The Balaban J connectivity index is 2.43. The monoisotopic (exact) mass is 347 g/mol. The lowest BCUT2D eigenvalue weighted by Gasteiger charge is -2.16. The summed E-state index contributed by atoms with van der Waals surface area (Å²) >= 11 is 4.63. The average molecular weight is 348 g/mol. The Morgan fingerprint density at radius 1 is 1.37 bits per heavy atom. The molecule has 0 saturated heterocycles. The standard InChI is InChI=1S/C12H18BrN3O2S/c1-7(14-3)6-15-11(17)8(2)16-12(18)9-4-5-10(13)19-9/h4-5,7-8,14H,6H2,1-3H3,(H,15,17)(H,16,18). The van der Waals surface area contributed by atoms with Gasteiger partial charge in [-0.3, -0.25) is 9.59 Å². The molecular formula is C12H18BrN3O2S. The number of carbonyl (C=O) groups excluding carboxylic acids is 2. The molecule has 106 valence electrons. The molecule has 0 aromatic carbocycles. The van der Waals surface area contributed by atoms with Gasteiger partial charge in [0, 0.05) is 12.6 Å². The number of hydrogen-bond acceptors (Lipinski definition) is 4. The third-order valence-electron chi connectivity index (χ3n) is 2.61. The summed E-state index contributed by atoms with van der Waals surface area (Å²) in [7, 11) is 1.83. The van der Waals surface area contributed by atoms with Crippen molar-refractivity contribution in [3.05, 3.63) is 20.8 Å². The van der Waals surface area contributed by atoms with Gasteiger partial charge in [-0.25, -0.2) is 0 Å². The fraction of sp³-hybridized carbons (Fsp3) is 0.500. The number of nitrogens with one attached hydrogen (secondary N) is 3. The van der Waals surface area contributed by atoms with Gasteiger partial charge >= 0.3 is 0 Å². The summed E-state index contributed by atoms with van der Waals surface area (Å²) in [6.07, 6.45) is 0. The van der Waals surface area contributed by atoms with Crippen LogP contribution in [0, 0.1) is 0 Å². The molecule has 1 heterocycles. The second-order valence-corrected chi connectivity index (χ2v) is 6.70. The number of likely N-dealkylation sites (N-methyl/N-ethyl adjacent to an activating group) is 1. The molecule has 0 radical (unpaired) electrons. The molecule has 19 heavy (non-hydrogen) atoms. The number of rotatable bonds is 6. The van der Waals surface area contributed by atoms with Gasteiger partial charge in [-0.05, 0) is 49.0 Å². The summed E-state index contributed by atoms with van der Waals surface area (Å²) < 4.78 is 0.887. The van der Waals surface area contributed by atoms with Crippen molar-refractivity contribution in [2.45, 2.75) is 25.9 Å². The van der Waals surface area contributed by atoms with Crippen LogP contribution >= 0.6 is 27.3 Å². The topological polar surface area (TPSA) is 70.2 Å². The summed E-state index contributed by atoms with van der Waals surface area (Å²) in [4.78, 5) is 24.2. The smallest absolute Gasteiger partial charge is 0.262 e. The molecule has 1 aromatic rings. The molecule has 2 amide bonds. The molecule has 0 bridgehead atoms. The molecule has 2 unspecified atom stereocenters. The molecule has 1 rings (SSSR count). The highest BCUT2D eigenvalue weighted by Crippen LogP contribution is 2.21. The molecule has 0 fully saturated rings. The van der Waals surface area contributed by atoms with Crippen LogP contribution < -0.4 is 16.0 Å². The molecule has 2 atom stereocenters. The van der Waals surface area contributed by atoms with Crippen molar-refractivity contribution >= 4 is 39.1 Å². The van der Waals surface area contributed by atoms with Crippen LogP contribution in [0.4, 0.5) is 0 Å². The maximum absolute atomic E-state index is 11.9. The number of amides is 2. The Bertz CT molecular complexity index is 450. The van der Waals surface area contributed by atoms with E-state index in [2.05, 4.69) is 31.9 Å². The average Bonchev–Trinajstić information content (AvgIpc) is 2.82. The molecule has 0 aliphatic heterocycles. The van der Waals surface area contributed by atoms with Crippen molar-refractivity contribution in [3.8, 4) is 0 Å². The zero-order valence-electron chi connectivity index (χ0n) is 11.1. The van der Waals surface area contributed by atoms with Gasteiger partial charge in [0.05, 0.1) is 8.66 Å². The summed E-state index contributed by atoms with van der Waals surface area (Å²) in [5.74, 6) is -0.425. The van der Waals surface area contributed by atoms with Gasteiger partial charge in [0.15, 0.2) is 0 Å². The summed E-state index contributed by atoms with van der Waals surface area (Å²) in [5, 5.41) is 8.47. The van der Waals surface area contributed by atoms with Crippen molar-refractivity contribution in [1.82, 2.24) is 16.0 Å². The van der Waals surface area contributed by atoms with Crippen LogP contribution in [0.2, 0.25) is 0 Å².